The topological polar surface area (TPSA) is 41.9 Å². The lowest BCUT2D eigenvalue weighted by molar-refractivity contribution is 0.0467. The van der Waals surface area contributed by atoms with Crippen LogP contribution in [0.15, 0.2) is 35.3 Å². The van der Waals surface area contributed by atoms with Gasteiger partial charge in [0.25, 0.3) is 0 Å². The Morgan fingerprint density at radius 2 is 1.92 bits per heavy atom. The Kier molecular flexibility index (Phi) is 6.50. The highest BCUT2D eigenvalue weighted by Gasteiger charge is 2.18. The minimum absolute atomic E-state index is 0.0926. The lowest BCUT2D eigenvalue weighted by Gasteiger charge is -2.15. The fourth-order valence-corrected chi connectivity index (χ4v) is 2.58. The quantitative estimate of drug-likeness (QED) is 0.427. The standard InChI is InChI=1S/C21H25FN2O2/c1-6-24(5)13-23-19-11-14(2)20(16(4)15(19)3)21(25)26-12-17-9-7-8-10-18(17)22/h7-11,13H,6,12H2,1-5H3. The average molecular weight is 356 g/mol. The minimum Gasteiger partial charge on any atom is -0.457 e. The van der Waals surface area contributed by atoms with E-state index in [2.05, 4.69) is 4.99 Å². The Balaban J connectivity index is 2.24. The van der Waals surface area contributed by atoms with Gasteiger partial charge in [0.05, 0.1) is 17.6 Å². The molecule has 2 aromatic rings. The van der Waals surface area contributed by atoms with Gasteiger partial charge in [-0.2, -0.15) is 0 Å². The molecule has 0 saturated carbocycles. The highest BCUT2D eigenvalue weighted by atomic mass is 19.1. The van der Waals surface area contributed by atoms with Crippen LogP contribution in [0.4, 0.5) is 10.1 Å². The number of benzene rings is 2. The Morgan fingerprint density at radius 3 is 2.58 bits per heavy atom. The van der Waals surface area contributed by atoms with Crippen molar-refractivity contribution in [2.24, 2.45) is 4.99 Å². The summed E-state index contributed by atoms with van der Waals surface area (Å²) in [5.41, 5.74) is 4.24. The van der Waals surface area contributed by atoms with Gasteiger partial charge in [-0.15, -0.1) is 0 Å². The molecule has 0 atom stereocenters. The largest absolute Gasteiger partial charge is 0.457 e. The van der Waals surface area contributed by atoms with Gasteiger partial charge in [0.15, 0.2) is 0 Å². The summed E-state index contributed by atoms with van der Waals surface area (Å²) in [6, 6.07) is 8.15. The van der Waals surface area contributed by atoms with Crippen LogP contribution in [0.2, 0.25) is 0 Å². The van der Waals surface area contributed by atoms with Gasteiger partial charge in [-0.3, -0.25) is 0 Å². The van der Waals surface area contributed by atoms with Crippen molar-refractivity contribution in [1.82, 2.24) is 4.90 Å². The zero-order chi connectivity index (χ0) is 19.3. The second kappa shape index (κ2) is 8.61. The fourth-order valence-electron chi connectivity index (χ4n) is 2.58. The molecule has 0 heterocycles. The number of esters is 1. The third-order valence-electron chi connectivity index (χ3n) is 4.48. The first-order valence-corrected chi connectivity index (χ1v) is 8.60. The zero-order valence-electron chi connectivity index (χ0n) is 16.0. The first kappa shape index (κ1) is 19.6. The molecule has 4 nitrogen and oxygen atoms in total. The van der Waals surface area contributed by atoms with Gasteiger partial charge in [0.1, 0.15) is 12.4 Å². The number of aliphatic imine (C=N–C) groups is 1. The van der Waals surface area contributed by atoms with Gasteiger partial charge in [-0.1, -0.05) is 18.2 Å². The van der Waals surface area contributed by atoms with Crippen molar-refractivity contribution in [3.63, 3.8) is 0 Å². The van der Waals surface area contributed by atoms with E-state index in [0.717, 1.165) is 28.9 Å². The third-order valence-corrected chi connectivity index (χ3v) is 4.48. The maximum absolute atomic E-state index is 13.7. The normalized spacial score (nSPS) is 11.0. The van der Waals surface area contributed by atoms with Gasteiger partial charge in [-0.25, -0.2) is 14.2 Å². The van der Waals surface area contributed by atoms with Crippen molar-refractivity contribution in [1.29, 1.82) is 0 Å². The predicted molar refractivity (Wildman–Crippen MR) is 103 cm³/mol. The number of carbonyl (C=O) groups excluding carboxylic acids is 1. The van der Waals surface area contributed by atoms with Crippen LogP contribution in [0, 0.1) is 26.6 Å². The van der Waals surface area contributed by atoms with Crippen LogP contribution in [0.1, 0.15) is 39.5 Å². The summed E-state index contributed by atoms with van der Waals surface area (Å²) in [6.07, 6.45) is 1.78. The average Bonchev–Trinajstić information content (AvgIpc) is 2.62. The summed E-state index contributed by atoms with van der Waals surface area (Å²) in [5, 5.41) is 0. The van der Waals surface area contributed by atoms with Crippen LogP contribution in [0.5, 0.6) is 0 Å². The molecule has 2 aromatic carbocycles. The Hall–Kier alpha value is -2.69. The summed E-state index contributed by atoms with van der Waals surface area (Å²) in [7, 11) is 1.95. The molecule has 0 aromatic heterocycles. The van der Waals surface area contributed by atoms with E-state index in [1.165, 1.54) is 6.07 Å². The molecule has 0 fully saturated rings. The van der Waals surface area contributed by atoms with Crippen LogP contribution >= 0.6 is 0 Å². The predicted octanol–water partition coefficient (Wildman–Crippen LogP) is 4.72. The van der Waals surface area contributed by atoms with Crippen molar-refractivity contribution in [3.05, 3.63) is 64.0 Å². The highest BCUT2D eigenvalue weighted by Crippen LogP contribution is 2.28. The SMILES string of the molecule is CCN(C)C=Nc1cc(C)c(C(=O)OCc2ccccc2F)c(C)c1C. The second-order valence-corrected chi connectivity index (χ2v) is 6.32. The Bertz CT molecular complexity index is 831. The summed E-state index contributed by atoms with van der Waals surface area (Å²) >= 11 is 0. The number of hydrogen-bond donors (Lipinski definition) is 0. The molecule has 0 N–H and O–H groups in total. The molecule has 0 aliphatic carbocycles. The molecular weight excluding hydrogens is 331 g/mol. The van der Waals surface area contributed by atoms with Crippen molar-refractivity contribution < 1.29 is 13.9 Å². The molecule has 0 bridgehead atoms. The number of nitrogens with zero attached hydrogens (tertiary/aromatic N) is 2. The molecular formula is C21H25FN2O2. The van der Waals surface area contributed by atoms with Gasteiger partial charge in [0, 0.05) is 19.2 Å². The zero-order valence-corrected chi connectivity index (χ0v) is 16.0. The lowest BCUT2D eigenvalue weighted by atomic mass is 9.97. The molecule has 0 spiro atoms. The molecule has 5 heteroatoms. The monoisotopic (exact) mass is 356 g/mol. The first-order chi connectivity index (χ1) is 12.3. The fraction of sp³-hybridized carbons (Fsp3) is 0.333. The van der Waals surface area contributed by atoms with E-state index in [9.17, 15) is 9.18 Å². The van der Waals surface area contributed by atoms with Crippen molar-refractivity contribution in [3.8, 4) is 0 Å². The summed E-state index contributed by atoms with van der Waals surface area (Å²) in [5.74, 6) is -0.831. The van der Waals surface area contributed by atoms with Crippen LogP contribution in [0.3, 0.4) is 0 Å². The molecule has 26 heavy (non-hydrogen) atoms. The molecule has 138 valence electrons. The second-order valence-electron chi connectivity index (χ2n) is 6.32. The molecule has 0 aliphatic heterocycles. The smallest absolute Gasteiger partial charge is 0.339 e. The summed E-state index contributed by atoms with van der Waals surface area (Å²) < 4.78 is 19.0. The number of carbonyl (C=O) groups is 1. The summed E-state index contributed by atoms with van der Waals surface area (Å²) in [4.78, 5) is 19.0. The summed E-state index contributed by atoms with van der Waals surface area (Å²) in [6.45, 7) is 8.48. The number of aryl methyl sites for hydroxylation is 1. The number of halogens is 1. The van der Waals surface area contributed by atoms with Gasteiger partial charge < -0.3 is 9.64 Å². The molecule has 0 unspecified atom stereocenters. The first-order valence-electron chi connectivity index (χ1n) is 8.60. The molecule has 0 aliphatic rings. The van der Waals surface area contributed by atoms with Gasteiger partial charge >= 0.3 is 5.97 Å². The maximum Gasteiger partial charge on any atom is 0.339 e. The minimum atomic E-state index is -0.451. The molecule has 0 saturated heterocycles. The van der Waals surface area contributed by atoms with E-state index in [0.29, 0.717) is 11.1 Å². The Labute approximate surface area is 154 Å². The van der Waals surface area contributed by atoms with E-state index in [4.69, 9.17) is 4.74 Å². The van der Waals surface area contributed by atoms with E-state index < -0.39 is 5.97 Å². The number of rotatable bonds is 6. The van der Waals surface area contributed by atoms with E-state index >= 15 is 0 Å². The number of ether oxygens (including phenoxy) is 1. The number of hydrogen-bond acceptors (Lipinski definition) is 3. The van der Waals surface area contributed by atoms with Gasteiger partial charge in [0.2, 0.25) is 0 Å². The van der Waals surface area contributed by atoms with Crippen molar-refractivity contribution >= 4 is 18.0 Å². The maximum atomic E-state index is 13.7. The van der Waals surface area contributed by atoms with E-state index in [1.807, 2.05) is 45.7 Å². The highest BCUT2D eigenvalue weighted by molar-refractivity contribution is 5.94. The third kappa shape index (κ3) is 4.48. The van der Waals surface area contributed by atoms with Crippen molar-refractivity contribution in [2.75, 3.05) is 13.6 Å². The molecule has 2 rings (SSSR count). The van der Waals surface area contributed by atoms with E-state index in [-0.39, 0.29) is 12.4 Å². The van der Waals surface area contributed by atoms with Crippen LogP contribution < -0.4 is 0 Å². The van der Waals surface area contributed by atoms with Crippen LogP contribution in [0.25, 0.3) is 0 Å². The van der Waals surface area contributed by atoms with Crippen LogP contribution in [-0.2, 0) is 11.3 Å². The van der Waals surface area contributed by atoms with E-state index in [1.54, 1.807) is 24.5 Å². The van der Waals surface area contributed by atoms with Gasteiger partial charge in [-0.05, 0) is 56.5 Å². The molecule has 0 radical (unpaired) electrons. The Morgan fingerprint density at radius 1 is 1.23 bits per heavy atom. The van der Waals surface area contributed by atoms with Crippen LogP contribution in [-0.4, -0.2) is 30.8 Å². The lowest BCUT2D eigenvalue weighted by Crippen LogP contribution is -2.14. The molecule has 0 amide bonds. The van der Waals surface area contributed by atoms with Crippen molar-refractivity contribution in [2.45, 2.75) is 34.3 Å².